The summed E-state index contributed by atoms with van der Waals surface area (Å²) >= 11 is 0. The van der Waals surface area contributed by atoms with Gasteiger partial charge in [0, 0.05) is 31.3 Å². The molecule has 1 unspecified atom stereocenters. The third-order valence-corrected chi connectivity index (χ3v) is 4.71. The summed E-state index contributed by atoms with van der Waals surface area (Å²) in [6.45, 7) is 3.10. The summed E-state index contributed by atoms with van der Waals surface area (Å²) in [5, 5.41) is 2.92. The van der Waals surface area contributed by atoms with E-state index in [1.807, 2.05) is 61.5 Å². The Bertz CT molecular complexity index is 836. The zero-order chi connectivity index (χ0) is 20.1. The van der Waals surface area contributed by atoms with Gasteiger partial charge in [-0.3, -0.25) is 9.59 Å². The van der Waals surface area contributed by atoms with Gasteiger partial charge in [-0.25, -0.2) is 0 Å². The largest absolute Gasteiger partial charge is 0.479 e. The molecule has 28 heavy (non-hydrogen) atoms. The number of likely N-dealkylation sites (N-methyl/N-ethyl adjacent to an activating group) is 1. The normalized spacial score (nSPS) is 15.9. The van der Waals surface area contributed by atoms with Crippen LogP contribution in [0.1, 0.15) is 18.9 Å². The van der Waals surface area contributed by atoms with Crippen LogP contribution in [0.3, 0.4) is 0 Å². The number of anilines is 2. The summed E-state index contributed by atoms with van der Waals surface area (Å²) in [5.74, 6) is 0.522. The Balaban J connectivity index is 1.67. The van der Waals surface area contributed by atoms with E-state index in [0.717, 1.165) is 17.8 Å². The van der Waals surface area contributed by atoms with E-state index in [2.05, 4.69) is 5.32 Å². The van der Waals surface area contributed by atoms with E-state index in [1.54, 1.807) is 17.9 Å². The van der Waals surface area contributed by atoms with Gasteiger partial charge in [0.1, 0.15) is 5.75 Å². The van der Waals surface area contributed by atoms with Crippen molar-refractivity contribution in [2.24, 2.45) is 0 Å². The number of nitrogens with zero attached hydrogens (tertiary/aromatic N) is 2. The number of carbonyl (C=O) groups excluding carboxylic acids is 2. The Morgan fingerprint density at radius 2 is 1.93 bits per heavy atom. The van der Waals surface area contributed by atoms with Crippen LogP contribution in [0.4, 0.5) is 11.4 Å². The second-order valence-electron chi connectivity index (χ2n) is 7.27. The molecule has 0 spiro atoms. The fourth-order valence-electron chi connectivity index (χ4n) is 3.14. The minimum Gasteiger partial charge on any atom is -0.479 e. The monoisotopic (exact) mass is 381 g/mol. The quantitative estimate of drug-likeness (QED) is 0.801. The summed E-state index contributed by atoms with van der Waals surface area (Å²) < 4.78 is 5.78. The summed E-state index contributed by atoms with van der Waals surface area (Å²) in [4.78, 5) is 28.6. The Kier molecular flexibility index (Phi) is 6.31. The molecule has 148 valence electrons. The summed E-state index contributed by atoms with van der Waals surface area (Å²) in [6.07, 6.45) is 0.558. The van der Waals surface area contributed by atoms with Gasteiger partial charge in [-0.2, -0.15) is 0 Å². The van der Waals surface area contributed by atoms with Gasteiger partial charge in [-0.1, -0.05) is 30.3 Å². The average molecular weight is 381 g/mol. The molecule has 3 rings (SSSR count). The van der Waals surface area contributed by atoms with E-state index in [0.29, 0.717) is 30.8 Å². The Morgan fingerprint density at radius 1 is 1.18 bits per heavy atom. The third-order valence-electron chi connectivity index (χ3n) is 4.71. The number of benzene rings is 2. The molecule has 6 heteroatoms. The molecule has 1 heterocycles. The van der Waals surface area contributed by atoms with E-state index in [9.17, 15) is 9.59 Å². The number of ether oxygens (including phenoxy) is 1. The first-order chi connectivity index (χ1) is 13.4. The summed E-state index contributed by atoms with van der Waals surface area (Å²) in [7, 11) is 3.95. The fourth-order valence-corrected chi connectivity index (χ4v) is 3.14. The molecule has 0 radical (unpaired) electrons. The van der Waals surface area contributed by atoms with E-state index < -0.39 is 6.10 Å². The number of aryl methyl sites for hydroxylation is 1. The van der Waals surface area contributed by atoms with Crippen molar-refractivity contribution in [2.75, 3.05) is 37.4 Å². The summed E-state index contributed by atoms with van der Waals surface area (Å²) in [6, 6.07) is 15.4. The molecule has 2 aromatic carbocycles. The van der Waals surface area contributed by atoms with Crippen molar-refractivity contribution in [3.05, 3.63) is 54.1 Å². The van der Waals surface area contributed by atoms with Gasteiger partial charge in [-0.15, -0.1) is 0 Å². The predicted octanol–water partition coefficient (Wildman–Crippen LogP) is 2.93. The molecule has 1 aliphatic heterocycles. The van der Waals surface area contributed by atoms with Gasteiger partial charge in [0.2, 0.25) is 5.91 Å². The lowest BCUT2D eigenvalue weighted by Gasteiger charge is -2.34. The molecule has 0 saturated heterocycles. The van der Waals surface area contributed by atoms with Crippen molar-refractivity contribution >= 4 is 23.2 Å². The Hall–Kier alpha value is -2.86. The first-order valence-corrected chi connectivity index (χ1v) is 9.54. The molecular weight excluding hydrogens is 354 g/mol. The molecule has 0 fully saturated rings. The van der Waals surface area contributed by atoms with E-state index in [-0.39, 0.29) is 11.8 Å². The molecular formula is C22H27N3O3. The SMILES string of the molecule is CC1Oc2cc(NC(=O)CCc3ccccc3)ccc2N(CCN(C)C)C1=O. The van der Waals surface area contributed by atoms with Crippen LogP contribution in [0, 0.1) is 0 Å². The number of nitrogens with one attached hydrogen (secondary N) is 1. The summed E-state index contributed by atoms with van der Waals surface area (Å²) in [5.41, 5.74) is 2.55. The number of carbonyl (C=O) groups is 2. The molecule has 6 nitrogen and oxygen atoms in total. The van der Waals surface area contributed by atoms with E-state index >= 15 is 0 Å². The molecule has 0 aliphatic carbocycles. The highest BCUT2D eigenvalue weighted by Gasteiger charge is 2.31. The Morgan fingerprint density at radius 3 is 2.64 bits per heavy atom. The highest BCUT2D eigenvalue weighted by molar-refractivity contribution is 6.00. The maximum atomic E-state index is 12.5. The lowest BCUT2D eigenvalue weighted by molar-refractivity contribution is -0.125. The highest BCUT2D eigenvalue weighted by atomic mass is 16.5. The number of amides is 2. The average Bonchev–Trinajstić information content (AvgIpc) is 2.67. The van der Waals surface area contributed by atoms with Crippen molar-refractivity contribution in [3.8, 4) is 5.75 Å². The van der Waals surface area contributed by atoms with Crippen LogP contribution in [-0.4, -0.2) is 50.0 Å². The van der Waals surface area contributed by atoms with Crippen molar-refractivity contribution < 1.29 is 14.3 Å². The zero-order valence-electron chi connectivity index (χ0n) is 16.6. The minimum absolute atomic E-state index is 0.0472. The number of hydrogen-bond acceptors (Lipinski definition) is 4. The molecule has 2 aromatic rings. The smallest absolute Gasteiger partial charge is 0.267 e. The molecule has 1 aliphatic rings. The van der Waals surface area contributed by atoms with Gasteiger partial charge in [0.25, 0.3) is 5.91 Å². The van der Waals surface area contributed by atoms with Gasteiger partial charge in [0.05, 0.1) is 5.69 Å². The first-order valence-electron chi connectivity index (χ1n) is 9.54. The molecule has 1 N–H and O–H groups in total. The van der Waals surface area contributed by atoms with Crippen LogP contribution in [0.2, 0.25) is 0 Å². The topological polar surface area (TPSA) is 61.9 Å². The number of hydrogen-bond donors (Lipinski definition) is 1. The Labute approximate surface area is 166 Å². The number of rotatable bonds is 7. The van der Waals surface area contributed by atoms with Crippen LogP contribution in [0.15, 0.2) is 48.5 Å². The fraction of sp³-hybridized carbons (Fsp3) is 0.364. The van der Waals surface area contributed by atoms with Crippen LogP contribution < -0.4 is 15.0 Å². The molecule has 1 atom stereocenters. The maximum Gasteiger partial charge on any atom is 0.267 e. The molecule has 0 saturated carbocycles. The van der Waals surface area contributed by atoms with Gasteiger partial charge in [-0.05, 0) is 45.1 Å². The zero-order valence-corrected chi connectivity index (χ0v) is 16.6. The minimum atomic E-state index is -0.543. The van der Waals surface area contributed by atoms with Crippen LogP contribution in [-0.2, 0) is 16.0 Å². The van der Waals surface area contributed by atoms with Gasteiger partial charge >= 0.3 is 0 Å². The van der Waals surface area contributed by atoms with Gasteiger partial charge in [0.15, 0.2) is 6.10 Å². The molecule has 0 aromatic heterocycles. The van der Waals surface area contributed by atoms with Crippen molar-refractivity contribution in [1.29, 1.82) is 0 Å². The third kappa shape index (κ3) is 4.89. The van der Waals surface area contributed by atoms with Crippen molar-refractivity contribution in [1.82, 2.24) is 4.90 Å². The lowest BCUT2D eigenvalue weighted by Crippen LogP contribution is -2.46. The van der Waals surface area contributed by atoms with Crippen LogP contribution in [0.5, 0.6) is 5.75 Å². The molecule has 2 amide bonds. The second-order valence-corrected chi connectivity index (χ2v) is 7.27. The van der Waals surface area contributed by atoms with Crippen LogP contribution in [0.25, 0.3) is 0 Å². The van der Waals surface area contributed by atoms with E-state index in [4.69, 9.17) is 4.74 Å². The van der Waals surface area contributed by atoms with Gasteiger partial charge < -0.3 is 19.9 Å². The second kappa shape index (κ2) is 8.89. The van der Waals surface area contributed by atoms with Crippen LogP contribution >= 0.6 is 0 Å². The molecule has 0 bridgehead atoms. The highest BCUT2D eigenvalue weighted by Crippen LogP contribution is 2.36. The first kappa shape index (κ1) is 19.9. The standard InChI is InChI=1S/C22H27N3O3/c1-16-22(27)25(14-13-24(2)3)19-11-10-18(15-20(19)28-16)23-21(26)12-9-17-7-5-4-6-8-17/h4-8,10-11,15-16H,9,12-14H2,1-3H3,(H,23,26). The van der Waals surface area contributed by atoms with Crippen molar-refractivity contribution in [3.63, 3.8) is 0 Å². The lowest BCUT2D eigenvalue weighted by atomic mass is 10.1. The van der Waals surface area contributed by atoms with E-state index in [1.165, 1.54) is 0 Å². The number of fused-ring (bicyclic) bond motifs is 1. The maximum absolute atomic E-state index is 12.5. The van der Waals surface area contributed by atoms with Crippen molar-refractivity contribution in [2.45, 2.75) is 25.9 Å². The predicted molar refractivity (Wildman–Crippen MR) is 111 cm³/mol.